The Balaban J connectivity index is 1.97. The van der Waals surface area contributed by atoms with Crippen LogP contribution in [0, 0.1) is 0 Å². The molecule has 0 radical (unpaired) electrons. The fourth-order valence-electron chi connectivity index (χ4n) is 3.09. The molecule has 0 spiro atoms. The van der Waals surface area contributed by atoms with Crippen LogP contribution < -0.4 is 20.7 Å². The molecule has 1 aromatic carbocycles. The maximum absolute atomic E-state index is 12.3. The number of methoxy groups -OCH3 is 2. The first-order valence-electron chi connectivity index (χ1n) is 8.72. The van der Waals surface area contributed by atoms with E-state index in [1.807, 2.05) is 31.2 Å². The van der Waals surface area contributed by atoms with Crippen molar-refractivity contribution in [1.82, 2.24) is 20.9 Å². The van der Waals surface area contributed by atoms with E-state index in [0.29, 0.717) is 19.7 Å². The van der Waals surface area contributed by atoms with Crippen molar-refractivity contribution in [2.45, 2.75) is 19.0 Å². The number of hydrogen-bond donors (Lipinski definition) is 3. The van der Waals surface area contributed by atoms with Crippen molar-refractivity contribution >= 4 is 11.9 Å². The molecular formula is C18H28N4O4. The average Bonchev–Trinajstić information content (AvgIpc) is 2.62. The molecule has 0 aromatic heterocycles. The third-order valence-corrected chi connectivity index (χ3v) is 4.25. The van der Waals surface area contributed by atoms with Crippen molar-refractivity contribution in [2.24, 2.45) is 0 Å². The van der Waals surface area contributed by atoms with Crippen LogP contribution in [0.15, 0.2) is 24.3 Å². The lowest BCUT2D eigenvalue weighted by Gasteiger charge is -2.36. The number of piperazine rings is 1. The lowest BCUT2D eigenvalue weighted by atomic mass is 10.0. The molecule has 1 aliphatic heterocycles. The lowest BCUT2D eigenvalue weighted by molar-refractivity contribution is -0.122. The molecule has 8 heteroatoms. The summed E-state index contributed by atoms with van der Waals surface area (Å²) in [7, 11) is 3.20. The summed E-state index contributed by atoms with van der Waals surface area (Å²) in [6.45, 7) is 4.53. The summed E-state index contributed by atoms with van der Waals surface area (Å²) >= 11 is 0. The number of urea groups is 1. The van der Waals surface area contributed by atoms with Gasteiger partial charge in [-0.25, -0.2) is 4.79 Å². The molecule has 0 aliphatic carbocycles. The number of imide groups is 1. The van der Waals surface area contributed by atoms with E-state index in [4.69, 9.17) is 9.47 Å². The van der Waals surface area contributed by atoms with Gasteiger partial charge in [0.05, 0.1) is 32.3 Å². The Morgan fingerprint density at radius 2 is 2.12 bits per heavy atom. The Hall–Kier alpha value is -2.16. The highest BCUT2D eigenvalue weighted by Gasteiger charge is 2.28. The number of carbonyl (C=O) groups is 2. The first-order valence-corrected chi connectivity index (χ1v) is 8.72. The predicted molar refractivity (Wildman–Crippen MR) is 98.2 cm³/mol. The van der Waals surface area contributed by atoms with Gasteiger partial charge in [0.25, 0.3) is 0 Å². The highest BCUT2D eigenvalue weighted by atomic mass is 16.5. The van der Waals surface area contributed by atoms with Gasteiger partial charge in [-0.05, 0) is 13.0 Å². The van der Waals surface area contributed by atoms with Crippen LogP contribution in [0.3, 0.4) is 0 Å². The molecule has 1 aromatic rings. The maximum Gasteiger partial charge on any atom is 0.321 e. The second-order valence-electron chi connectivity index (χ2n) is 6.31. The Bertz CT molecular complexity index is 611. The van der Waals surface area contributed by atoms with E-state index in [1.54, 1.807) is 14.2 Å². The smallest absolute Gasteiger partial charge is 0.321 e. The maximum atomic E-state index is 12.3. The molecule has 1 heterocycles. The fourth-order valence-corrected chi connectivity index (χ4v) is 3.09. The largest absolute Gasteiger partial charge is 0.496 e. The Labute approximate surface area is 154 Å². The average molecular weight is 364 g/mol. The summed E-state index contributed by atoms with van der Waals surface area (Å²) in [6, 6.07) is 7.10. The van der Waals surface area contributed by atoms with Crippen molar-refractivity contribution in [3.05, 3.63) is 29.8 Å². The zero-order valence-electron chi connectivity index (χ0n) is 15.6. The number of amides is 3. The van der Waals surface area contributed by atoms with Gasteiger partial charge in [-0.3, -0.25) is 15.0 Å². The highest BCUT2D eigenvalue weighted by molar-refractivity contribution is 5.95. The second kappa shape index (κ2) is 10.1. The van der Waals surface area contributed by atoms with E-state index < -0.39 is 6.03 Å². The second-order valence-corrected chi connectivity index (χ2v) is 6.31. The van der Waals surface area contributed by atoms with Gasteiger partial charge in [0.2, 0.25) is 5.91 Å². The van der Waals surface area contributed by atoms with Gasteiger partial charge in [-0.2, -0.15) is 0 Å². The van der Waals surface area contributed by atoms with E-state index in [-0.39, 0.29) is 24.5 Å². The first kappa shape index (κ1) is 20.2. The van der Waals surface area contributed by atoms with Gasteiger partial charge >= 0.3 is 6.03 Å². The van der Waals surface area contributed by atoms with Gasteiger partial charge in [-0.1, -0.05) is 18.2 Å². The third kappa shape index (κ3) is 5.69. The van der Waals surface area contributed by atoms with Gasteiger partial charge < -0.3 is 20.1 Å². The van der Waals surface area contributed by atoms with Crippen molar-refractivity contribution in [3.63, 3.8) is 0 Å². The van der Waals surface area contributed by atoms with E-state index in [0.717, 1.165) is 17.9 Å². The summed E-state index contributed by atoms with van der Waals surface area (Å²) in [6.07, 6.45) is 0. The molecule has 1 aliphatic rings. The number of benzene rings is 1. The zero-order valence-corrected chi connectivity index (χ0v) is 15.6. The van der Waals surface area contributed by atoms with E-state index in [1.165, 1.54) is 0 Å². The number of ether oxygens (including phenoxy) is 2. The lowest BCUT2D eigenvalue weighted by Crippen LogP contribution is -2.52. The van der Waals surface area contributed by atoms with Crippen LogP contribution in [0.5, 0.6) is 5.75 Å². The molecule has 8 nitrogen and oxygen atoms in total. The Morgan fingerprint density at radius 1 is 1.35 bits per heavy atom. The van der Waals surface area contributed by atoms with Crippen LogP contribution in [0.1, 0.15) is 18.5 Å². The van der Waals surface area contributed by atoms with Crippen LogP contribution in [0.25, 0.3) is 0 Å². The topological polar surface area (TPSA) is 91.9 Å². The summed E-state index contributed by atoms with van der Waals surface area (Å²) in [5.74, 6) is 0.451. The first-order chi connectivity index (χ1) is 12.5. The number of hydrogen-bond acceptors (Lipinski definition) is 6. The van der Waals surface area contributed by atoms with Gasteiger partial charge in [-0.15, -0.1) is 0 Å². The van der Waals surface area contributed by atoms with Crippen LogP contribution in [0.4, 0.5) is 4.79 Å². The molecule has 26 heavy (non-hydrogen) atoms. The fraction of sp³-hybridized carbons (Fsp3) is 0.556. The summed E-state index contributed by atoms with van der Waals surface area (Å²) in [5.41, 5.74) is 1.02. The molecule has 1 saturated heterocycles. The van der Waals surface area contributed by atoms with Gasteiger partial charge in [0.15, 0.2) is 0 Å². The zero-order chi connectivity index (χ0) is 18.9. The molecule has 144 valence electrons. The summed E-state index contributed by atoms with van der Waals surface area (Å²) < 4.78 is 10.4. The molecule has 0 saturated carbocycles. The number of nitrogens with zero attached hydrogens (tertiary/aromatic N) is 1. The number of rotatable bonds is 7. The molecule has 3 amide bonds. The molecule has 2 unspecified atom stereocenters. The molecular weight excluding hydrogens is 336 g/mol. The molecule has 0 bridgehead atoms. The summed E-state index contributed by atoms with van der Waals surface area (Å²) in [4.78, 5) is 26.2. The Morgan fingerprint density at radius 3 is 2.85 bits per heavy atom. The van der Waals surface area contributed by atoms with E-state index in [9.17, 15) is 9.59 Å². The molecule has 2 rings (SSSR count). The minimum Gasteiger partial charge on any atom is -0.496 e. The van der Waals surface area contributed by atoms with Crippen LogP contribution >= 0.6 is 0 Å². The number of para-hydroxylation sites is 1. The molecule has 1 fully saturated rings. The minimum absolute atomic E-state index is 0.00104. The number of nitrogens with one attached hydrogen (secondary N) is 3. The standard InChI is InChI=1S/C18H28N4O4/c1-13(12-25-2)20-18(24)21-17(23)11-22-9-8-19-10-15(22)14-6-4-5-7-16(14)26-3/h4-7,13,15,19H,8-12H2,1-3H3,(H2,20,21,23,24). The van der Waals surface area contributed by atoms with Crippen molar-refractivity contribution < 1.29 is 19.1 Å². The van der Waals surface area contributed by atoms with Crippen molar-refractivity contribution in [1.29, 1.82) is 0 Å². The van der Waals surface area contributed by atoms with E-state index in [2.05, 4.69) is 20.9 Å². The van der Waals surface area contributed by atoms with Crippen LogP contribution in [-0.2, 0) is 9.53 Å². The highest BCUT2D eigenvalue weighted by Crippen LogP contribution is 2.29. The molecule has 3 N–H and O–H groups in total. The SMILES string of the molecule is COCC(C)NC(=O)NC(=O)CN1CCNCC1c1ccccc1OC. The Kier molecular flexibility index (Phi) is 7.83. The monoisotopic (exact) mass is 364 g/mol. The number of carbonyl (C=O) groups excluding carboxylic acids is 2. The van der Waals surface area contributed by atoms with Crippen LogP contribution in [-0.4, -0.2) is 69.9 Å². The minimum atomic E-state index is -0.511. The quantitative estimate of drug-likeness (QED) is 0.653. The van der Waals surface area contributed by atoms with Gasteiger partial charge in [0, 0.05) is 32.3 Å². The predicted octanol–water partition coefficient (Wildman–Crippen LogP) is 0.502. The van der Waals surface area contributed by atoms with Crippen molar-refractivity contribution in [2.75, 3.05) is 47.0 Å². The van der Waals surface area contributed by atoms with Crippen LogP contribution in [0.2, 0.25) is 0 Å². The normalized spacial score (nSPS) is 18.8. The van der Waals surface area contributed by atoms with Crippen molar-refractivity contribution in [3.8, 4) is 5.75 Å². The third-order valence-electron chi connectivity index (χ3n) is 4.25. The van der Waals surface area contributed by atoms with E-state index >= 15 is 0 Å². The van der Waals surface area contributed by atoms with Gasteiger partial charge in [0.1, 0.15) is 5.75 Å². The summed E-state index contributed by atoms with van der Waals surface area (Å²) in [5, 5.41) is 8.39. The molecule has 2 atom stereocenters.